The Hall–Kier alpha value is -0.790. The lowest BCUT2D eigenvalue weighted by molar-refractivity contribution is -0.696. The Labute approximate surface area is 310 Å². The molecule has 0 atom stereocenters. The zero-order valence-corrected chi connectivity index (χ0v) is 34.3. The molecule has 0 radical (unpaired) electrons. The number of aromatic nitrogens is 2. The zero-order valence-electron chi connectivity index (χ0n) is 34.3. The maximum Gasteiger partial charge on any atom is 0.243 e. The summed E-state index contributed by atoms with van der Waals surface area (Å²) in [6.45, 7) is 7.02. The Morgan fingerprint density at radius 1 is 0.306 bits per heavy atom. The third-order valence-corrected chi connectivity index (χ3v) is 11.3. The molecule has 2 nitrogen and oxygen atoms in total. The van der Waals surface area contributed by atoms with Gasteiger partial charge in [0.15, 0.2) is 0 Å². The smallest absolute Gasteiger partial charge is 0.237 e. The minimum Gasteiger partial charge on any atom is -0.237 e. The van der Waals surface area contributed by atoms with E-state index < -0.39 is 0 Å². The number of nitrogens with zero attached hydrogens (tertiary/aromatic N) is 2. The largest absolute Gasteiger partial charge is 0.243 e. The third-order valence-electron chi connectivity index (χ3n) is 11.3. The van der Waals surface area contributed by atoms with Gasteiger partial charge in [0.1, 0.15) is 12.4 Å². The molecule has 2 heteroatoms. The minimum absolute atomic E-state index is 1.20. The monoisotopic (exact) mass is 686 g/mol. The predicted octanol–water partition coefficient (Wildman–Crippen LogP) is 16.4. The molecule has 290 valence electrons. The average molecular weight is 686 g/mol. The van der Waals surface area contributed by atoms with E-state index in [1.54, 1.807) is 0 Å². The van der Waals surface area contributed by atoms with Gasteiger partial charge >= 0.3 is 0 Å². The fraction of sp³-hybridized carbons (Fsp3) is 0.936. The standard InChI is InChI=1S/C47H93N2/c1-3-5-7-9-11-13-15-17-19-21-23-25-27-29-31-33-35-37-39-41-43-48-45-46-49(47-48)44-42-40-38-36-34-32-30-28-26-24-22-20-18-16-14-12-10-8-6-4-2/h45-47H,3-44H2,1-2H3/q+1. The van der Waals surface area contributed by atoms with Crippen molar-refractivity contribution in [1.29, 1.82) is 0 Å². The van der Waals surface area contributed by atoms with Crippen molar-refractivity contribution in [2.45, 2.75) is 284 Å². The first-order valence-electron chi connectivity index (χ1n) is 23.4. The van der Waals surface area contributed by atoms with Crippen molar-refractivity contribution in [1.82, 2.24) is 4.57 Å². The Bertz CT molecular complexity index is 665. The van der Waals surface area contributed by atoms with Crippen LogP contribution in [0.1, 0.15) is 271 Å². The van der Waals surface area contributed by atoms with Gasteiger partial charge in [-0.15, -0.1) is 0 Å². The van der Waals surface area contributed by atoms with Gasteiger partial charge in [-0.05, 0) is 25.7 Å². The number of aryl methyl sites for hydroxylation is 2. The van der Waals surface area contributed by atoms with Crippen LogP contribution in [0.25, 0.3) is 0 Å². The molecule has 1 aromatic heterocycles. The Morgan fingerprint density at radius 3 is 0.837 bits per heavy atom. The van der Waals surface area contributed by atoms with E-state index in [-0.39, 0.29) is 0 Å². The predicted molar refractivity (Wildman–Crippen MR) is 221 cm³/mol. The highest BCUT2D eigenvalue weighted by Crippen LogP contribution is 2.17. The van der Waals surface area contributed by atoms with Crippen molar-refractivity contribution in [2.75, 3.05) is 0 Å². The molecule has 0 unspecified atom stereocenters. The minimum atomic E-state index is 1.20. The van der Waals surface area contributed by atoms with Crippen molar-refractivity contribution in [2.24, 2.45) is 0 Å². The van der Waals surface area contributed by atoms with Crippen molar-refractivity contribution >= 4 is 0 Å². The van der Waals surface area contributed by atoms with Crippen LogP contribution in [-0.4, -0.2) is 4.57 Å². The highest BCUT2D eigenvalue weighted by atomic mass is 15.1. The molecule has 0 saturated carbocycles. The summed E-state index contributed by atoms with van der Waals surface area (Å²) < 4.78 is 4.84. The average Bonchev–Trinajstić information content (AvgIpc) is 3.57. The Kier molecular flexibility index (Phi) is 37.7. The summed E-state index contributed by atoms with van der Waals surface area (Å²) in [4.78, 5) is 0. The van der Waals surface area contributed by atoms with Crippen molar-refractivity contribution in [3.63, 3.8) is 0 Å². The van der Waals surface area contributed by atoms with Gasteiger partial charge in [-0.3, -0.25) is 0 Å². The number of imidazole rings is 1. The highest BCUT2D eigenvalue weighted by molar-refractivity contribution is 4.66. The molecule has 1 aromatic rings. The topological polar surface area (TPSA) is 8.81 Å². The number of hydrogen-bond acceptors (Lipinski definition) is 0. The molecule has 1 heterocycles. The van der Waals surface area contributed by atoms with Crippen LogP contribution in [0, 0.1) is 0 Å². The second-order valence-electron chi connectivity index (χ2n) is 16.3. The second-order valence-corrected chi connectivity index (χ2v) is 16.3. The maximum atomic E-state index is 2.42. The summed E-state index contributed by atoms with van der Waals surface area (Å²) in [6.07, 6.45) is 65.1. The Balaban J connectivity index is 1.74. The molecule has 0 aliphatic carbocycles. The van der Waals surface area contributed by atoms with Crippen molar-refractivity contribution in [3.05, 3.63) is 18.7 Å². The molecule has 0 bridgehead atoms. The summed E-state index contributed by atoms with van der Waals surface area (Å²) in [5.74, 6) is 0. The van der Waals surface area contributed by atoms with E-state index in [0.717, 1.165) is 0 Å². The fourth-order valence-corrected chi connectivity index (χ4v) is 7.80. The summed E-state index contributed by atoms with van der Waals surface area (Å²) in [5, 5.41) is 0. The molecule has 0 N–H and O–H groups in total. The number of hydrogen-bond donors (Lipinski definition) is 0. The summed E-state index contributed by atoms with van der Waals surface area (Å²) in [7, 11) is 0. The molecular formula is C47H93N2+. The quantitative estimate of drug-likeness (QED) is 0.0478. The summed E-state index contributed by atoms with van der Waals surface area (Å²) in [6, 6.07) is 0. The van der Waals surface area contributed by atoms with Gasteiger partial charge in [-0.25, -0.2) is 9.13 Å². The van der Waals surface area contributed by atoms with Crippen LogP contribution in [0.5, 0.6) is 0 Å². The van der Waals surface area contributed by atoms with Crippen LogP contribution in [0.15, 0.2) is 18.7 Å². The molecular weight excluding hydrogens is 593 g/mol. The molecule has 0 fully saturated rings. The number of rotatable bonds is 42. The van der Waals surface area contributed by atoms with E-state index in [9.17, 15) is 0 Å². The van der Waals surface area contributed by atoms with Crippen LogP contribution in [0.3, 0.4) is 0 Å². The van der Waals surface area contributed by atoms with Crippen LogP contribution < -0.4 is 4.57 Å². The van der Waals surface area contributed by atoms with E-state index in [0.29, 0.717) is 0 Å². The van der Waals surface area contributed by atoms with Gasteiger partial charge in [-0.2, -0.15) is 0 Å². The molecule has 0 amide bonds. The molecule has 0 spiro atoms. The molecule has 0 aromatic carbocycles. The lowest BCUT2D eigenvalue weighted by Crippen LogP contribution is -2.30. The van der Waals surface area contributed by atoms with Gasteiger partial charge in [-0.1, -0.05) is 245 Å². The van der Waals surface area contributed by atoms with Crippen molar-refractivity contribution < 1.29 is 4.57 Å². The van der Waals surface area contributed by atoms with Gasteiger partial charge in [0.25, 0.3) is 0 Å². The SMILES string of the molecule is CCCCCCCCCCCCCCCCCCCCCCn1cc[n+](CCCCCCCCCCCCCCCCCCCCCC)c1. The number of unbranched alkanes of at least 4 members (excludes halogenated alkanes) is 38. The maximum absolute atomic E-state index is 2.42. The summed E-state index contributed by atoms with van der Waals surface area (Å²) in [5.41, 5.74) is 0. The van der Waals surface area contributed by atoms with Crippen molar-refractivity contribution in [3.8, 4) is 0 Å². The van der Waals surface area contributed by atoms with E-state index in [1.807, 2.05) is 0 Å². The van der Waals surface area contributed by atoms with E-state index in [1.165, 1.54) is 270 Å². The van der Waals surface area contributed by atoms with Gasteiger partial charge in [0.05, 0.1) is 13.1 Å². The summed E-state index contributed by atoms with van der Waals surface area (Å²) >= 11 is 0. The lowest BCUT2D eigenvalue weighted by atomic mass is 10.0. The second kappa shape index (κ2) is 40.0. The molecule has 0 aliphatic heterocycles. The first kappa shape index (κ1) is 46.2. The Morgan fingerprint density at radius 2 is 0.551 bits per heavy atom. The van der Waals surface area contributed by atoms with Crippen LogP contribution in [-0.2, 0) is 13.1 Å². The van der Waals surface area contributed by atoms with Gasteiger partial charge in [0, 0.05) is 0 Å². The highest BCUT2D eigenvalue weighted by Gasteiger charge is 2.04. The fourth-order valence-electron chi connectivity index (χ4n) is 7.80. The van der Waals surface area contributed by atoms with E-state index in [4.69, 9.17) is 0 Å². The first-order valence-corrected chi connectivity index (χ1v) is 23.4. The lowest BCUT2D eigenvalue weighted by Gasteiger charge is -2.04. The van der Waals surface area contributed by atoms with Crippen LogP contribution in [0.2, 0.25) is 0 Å². The molecule has 49 heavy (non-hydrogen) atoms. The third kappa shape index (κ3) is 35.4. The first-order chi connectivity index (χ1) is 24.4. The molecule has 0 aliphatic rings. The molecule has 1 rings (SSSR count). The van der Waals surface area contributed by atoms with Crippen LogP contribution >= 0.6 is 0 Å². The van der Waals surface area contributed by atoms with Crippen LogP contribution in [0.4, 0.5) is 0 Å². The zero-order chi connectivity index (χ0) is 35.0. The van der Waals surface area contributed by atoms with E-state index in [2.05, 4.69) is 41.7 Å². The normalized spacial score (nSPS) is 11.6. The van der Waals surface area contributed by atoms with E-state index >= 15 is 0 Å². The molecule has 0 saturated heterocycles. The van der Waals surface area contributed by atoms with Gasteiger partial charge in [0.2, 0.25) is 6.33 Å². The van der Waals surface area contributed by atoms with Gasteiger partial charge < -0.3 is 0 Å².